The number of carbonyl (C=O) groups is 1. The normalized spacial score (nSPS) is 11.8. The van der Waals surface area contributed by atoms with Crippen LogP contribution in [0, 0.1) is 0 Å². The highest BCUT2D eigenvalue weighted by molar-refractivity contribution is 7.90. The molecule has 0 spiro atoms. The highest BCUT2D eigenvalue weighted by Gasteiger charge is 2.21. The molecule has 184 valence electrons. The monoisotopic (exact) mass is 507 g/mol. The number of nitrogens with zero attached hydrogens (tertiary/aromatic N) is 7. The standard InChI is InChI=1S/C23H21N7O5S/c1-28(23(31)32)13-18-15-11-25-17(16-12-26-29-8-4-7-24-22(16)29)10-19(15)30(27-18)20-9-14(36(3,33)34)5-6-21(20)35-2/h4-12H,13H2,1-3H3,(H,31,32). The van der Waals surface area contributed by atoms with Gasteiger partial charge in [0.05, 0.1) is 47.2 Å². The van der Waals surface area contributed by atoms with Crippen molar-refractivity contribution in [3.05, 3.63) is 60.8 Å². The Morgan fingerprint density at radius 1 is 1.19 bits per heavy atom. The quantitative estimate of drug-likeness (QED) is 0.366. The van der Waals surface area contributed by atoms with Gasteiger partial charge in [-0.3, -0.25) is 4.98 Å². The number of carboxylic acid groups (broad SMARTS) is 1. The van der Waals surface area contributed by atoms with E-state index in [-0.39, 0.29) is 11.4 Å². The molecule has 0 unspecified atom stereocenters. The zero-order valence-corrected chi connectivity index (χ0v) is 20.3. The number of sulfone groups is 1. The molecule has 0 aliphatic heterocycles. The van der Waals surface area contributed by atoms with Gasteiger partial charge in [0.25, 0.3) is 0 Å². The largest absolute Gasteiger partial charge is 0.494 e. The predicted molar refractivity (Wildman–Crippen MR) is 130 cm³/mol. The van der Waals surface area contributed by atoms with Gasteiger partial charge in [0.2, 0.25) is 0 Å². The molecule has 0 bridgehead atoms. The van der Waals surface area contributed by atoms with Crippen molar-refractivity contribution in [1.29, 1.82) is 0 Å². The molecule has 0 fully saturated rings. The Balaban J connectivity index is 1.78. The summed E-state index contributed by atoms with van der Waals surface area (Å²) in [4.78, 5) is 21.6. The summed E-state index contributed by atoms with van der Waals surface area (Å²) in [5.41, 5.74) is 3.26. The van der Waals surface area contributed by atoms with Gasteiger partial charge in [-0.05, 0) is 30.3 Å². The van der Waals surface area contributed by atoms with E-state index < -0.39 is 15.9 Å². The first-order chi connectivity index (χ1) is 17.2. The molecule has 0 aliphatic carbocycles. The lowest BCUT2D eigenvalue weighted by atomic mass is 10.1. The van der Waals surface area contributed by atoms with Gasteiger partial charge < -0.3 is 14.7 Å². The SMILES string of the molecule is COc1ccc(S(C)(=O)=O)cc1-n1nc(CN(C)C(=O)O)c2cnc(-c3cnn4cccnc34)cc21. The van der Waals surface area contributed by atoms with Gasteiger partial charge in [-0.25, -0.2) is 27.4 Å². The predicted octanol–water partition coefficient (Wildman–Crippen LogP) is 2.65. The van der Waals surface area contributed by atoms with Crippen LogP contribution in [0.1, 0.15) is 5.69 Å². The smallest absolute Gasteiger partial charge is 0.407 e. The summed E-state index contributed by atoms with van der Waals surface area (Å²) in [5.74, 6) is 0.390. The number of pyridine rings is 1. The van der Waals surface area contributed by atoms with E-state index in [1.54, 1.807) is 47.5 Å². The fourth-order valence-corrected chi connectivity index (χ4v) is 4.53. The van der Waals surface area contributed by atoms with Crippen molar-refractivity contribution in [3.8, 4) is 22.7 Å². The fourth-order valence-electron chi connectivity index (χ4n) is 3.88. The minimum atomic E-state index is -3.52. The van der Waals surface area contributed by atoms with Crippen LogP contribution in [0.5, 0.6) is 5.75 Å². The fraction of sp³-hybridized carbons (Fsp3) is 0.174. The Hall–Kier alpha value is -4.52. The van der Waals surface area contributed by atoms with Gasteiger partial charge in [-0.15, -0.1) is 0 Å². The molecular formula is C23H21N7O5S. The Morgan fingerprint density at radius 2 is 2.00 bits per heavy atom. The number of ether oxygens (including phenoxy) is 1. The van der Waals surface area contributed by atoms with Crippen LogP contribution in [-0.2, 0) is 16.4 Å². The molecule has 0 aliphatic rings. The topological polar surface area (TPSA) is 145 Å². The van der Waals surface area contributed by atoms with Gasteiger partial charge in [0.1, 0.15) is 11.4 Å². The number of benzene rings is 1. The second-order valence-electron chi connectivity index (χ2n) is 8.14. The Kier molecular flexibility index (Phi) is 5.55. The highest BCUT2D eigenvalue weighted by Crippen LogP contribution is 2.32. The third-order valence-electron chi connectivity index (χ3n) is 5.72. The van der Waals surface area contributed by atoms with Gasteiger partial charge in [0.15, 0.2) is 15.5 Å². The van der Waals surface area contributed by atoms with Crippen LogP contribution in [0.2, 0.25) is 0 Å². The summed E-state index contributed by atoms with van der Waals surface area (Å²) >= 11 is 0. The van der Waals surface area contributed by atoms with Crippen LogP contribution < -0.4 is 4.74 Å². The summed E-state index contributed by atoms with van der Waals surface area (Å²) in [6, 6.07) is 8.04. The molecule has 1 aromatic carbocycles. The van der Waals surface area contributed by atoms with Gasteiger partial charge in [-0.1, -0.05) is 0 Å². The third-order valence-corrected chi connectivity index (χ3v) is 6.83. The van der Waals surface area contributed by atoms with Crippen molar-refractivity contribution in [3.63, 3.8) is 0 Å². The van der Waals surface area contributed by atoms with Crippen LogP contribution in [0.25, 0.3) is 33.5 Å². The van der Waals surface area contributed by atoms with Crippen molar-refractivity contribution < 1.29 is 23.1 Å². The van der Waals surface area contributed by atoms with Crippen LogP contribution in [0.3, 0.4) is 0 Å². The number of aromatic nitrogens is 6. The van der Waals surface area contributed by atoms with Crippen molar-refractivity contribution in [2.24, 2.45) is 0 Å². The number of fused-ring (bicyclic) bond motifs is 2. The van der Waals surface area contributed by atoms with Crippen LogP contribution >= 0.6 is 0 Å². The third kappa shape index (κ3) is 3.98. The van der Waals surface area contributed by atoms with Gasteiger partial charge >= 0.3 is 6.09 Å². The number of rotatable bonds is 6. The molecule has 13 heteroatoms. The minimum Gasteiger partial charge on any atom is -0.494 e. The first-order valence-electron chi connectivity index (χ1n) is 10.7. The molecule has 1 N–H and O–H groups in total. The Labute approximate surface area is 205 Å². The average molecular weight is 508 g/mol. The molecular weight excluding hydrogens is 486 g/mol. The number of amides is 1. The van der Waals surface area contributed by atoms with E-state index >= 15 is 0 Å². The maximum atomic E-state index is 12.3. The lowest BCUT2D eigenvalue weighted by Gasteiger charge is -2.12. The first-order valence-corrected chi connectivity index (χ1v) is 12.6. The van der Waals surface area contributed by atoms with Crippen molar-refractivity contribution in [1.82, 2.24) is 34.3 Å². The molecule has 4 aromatic heterocycles. The maximum Gasteiger partial charge on any atom is 0.407 e. The number of hydrogen-bond acceptors (Lipinski definition) is 8. The van der Waals surface area contributed by atoms with E-state index in [4.69, 9.17) is 4.74 Å². The summed E-state index contributed by atoms with van der Waals surface area (Å²) < 4.78 is 33.2. The molecule has 0 atom stereocenters. The van der Waals surface area contributed by atoms with Crippen molar-refractivity contribution in [2.45, 2.75) is 11.4 Å². The van der Waals surface area contributed by atoms with Crippen LogP contribution in [0.4, 0.5) is 4.79 Å². The lowest BCUT2D eigenvalue weighted by molar-refractivity contribution is 0.153. The summed E-state index contributed by atoms with van der Waals surface area (Å²) in [5, 5.41) is 19.0. The van der Waals surface area contributed by atoms with E-state index in [1.807, 2.05) is 0 Å². The zero-order chi connectivity index (χ0) is 25.6. The molecule has 0 radical (unpaired) electrons. The van der Waals surface area contributed by atoms with E-state index in [1.165, 1.54) is 31.0 Å². The molecule has 36 heavy (non-hydrogen) atoms. The van der Waals surface area contributed by atoms with E-state index in [9.17, 15) is 18.3 Å². The van der Waals surface area contributed by atoms with Crippen LogP contribution in [-0.4, -0.2) is 74.3 Å². The average Bonchev–Trinajstić information content (AvgIpc) is 3.44. The van der Waals surface area contributed by atoms with Gasteiger partial charge in [0, 0.05) is 37.3 Å². The highest BCUT2D eigenvalue weighted by atomic mass is 32.2. The van der Waals surface area contributed by atoms with E-state index in [0.29, 0.717) is 44.9 Å². The molecule has 5 aromatic rings. The number of methoxy groups -OCH3 is 1. The van der Waals surface area contributed by atoms with Gasteiger partial charge in [-0.2, -0.15) is 10.2 Å². The van der Waals surface area contributed by atoms with E-state index in [0.717, 1.165) is 11.2 Å². The summed E-state index contributed by atoms with van der Waals surface area (Å²) in [7, 11) is -0.609. The second kappa shape index (κ2) is 8.61. The Morgan fingerprint density at radius 3 is 2.72 bits per heavy atom. The van der Waals surface area contributed by atoms with Crippen molar-refractivity contribution in [2.75, 3.05) is 20.4 Å². The molecule has 0 saturated heterocycles. The lowest BCUT2D eigenvalue weighted by Crippen LogP contribution is -2.24. The van der Waals surface area contributed by atoms with Crippen molar-refractivity contribution >= 4 is 32.5 Å². The maximum absolute atomic E-state index is 12.3. The summed E-state index contributed by atoms with van der Waals surface area (Å²) in [6.45, 7) is -0.00773. The molecule has 1 amide bonds. The first kappa shape index (κ1) is 23.2. The molecule has 0 saturated carbocycles. The second-order valence-corrected chi connectivity index (χ2v) is 10.2. The van der Waals surface area contributed by atoms with Crippen LogP contribution in [0.15, 0.2) is 60.0 Å². The molecule has 12 nitrogen and oxygen atoms in total. The minimum absolute atomic E-state index is 0.00773. The summed E-state index contributed by atoms with van der Waals surface area (Å²) in [6.07, 6.45) is 6.70. The number of hydrogen-bond donors (Lipinski definition) is 1. The van der Waals surface area contributed by atoms with E-state index in [2.05, 4.69) is 20.2 Å². The zero-order valence-electron chi connectivity index (χ0n) is 19.5. The molecule has 4 heterocycles. The Bertz CT molecular complexity index is 1740. The molecule has 5 rings (SSSR count).